The summed E-state index contributed by atoms with van der Waals surface area (Å²) in [5.74, 6) is 4.46. The number of phenols is 1. The molecule has 0 bridgehead atoms. The van der Waals surface area contributed by atoms with Gasteiger partial charge in [-0.05, 0) is 92.7 Å². The van der Waals surface area contributed by atoms with Crippen molar-refractivity contribution in [3.05, 3.63) is 28.8 Å². The highest BCUT2D eigenvalue weighted by molar-refractivity contribution is 5.42. The van der Waals surface area contributed by atoms with Crippen LogP contribution in [0.1, 0.15) is 81.4 Å². The molecule has 2 fully saturated rings. The van der Waals surface area contributed by atoms with Crippen LogP contribution in [-0.2, 0) is 6.42 Å². The molecule has 0 aromatic heterocycles. The Hall–Kier alpha value is -0.980. The second-order valence-corrected chi connectivity index (χ2v) is 8.92. The summed E-state index contributed by atoms with van der Waals surface area (Å²) in [6, 6.07) is 4.36. The van der Waals surface area contributed by atoms with Gasteiger partial charge in [-0.1, -0.05) is 44.7 Å². The number of hydrogen-bond donors (Lipinski definition) is 1. The fourth-order valence-corrected chi connectivity index (χ4v) is 5.27. The lowest BCUT2D eigenvalue weighted by molar-refractivity contribution is 0.148. The predicted molar refractivity (Wildman–Crippen MR) is 102 cm³/mol. The number of rotatable bonds is 4. The van der Waals surface area contributed by atoms with Crippen molar-refractivity contribution in [1.82, 2.24) is 0 Å². The van der Waals surface area contributed by atoms with Gasteiger partial charge in [0.25, 0.3) is 0 Å². The van der Waals surface area contributed by atoms with Crippen LogP contribution in [0.5, 0.6) is 5.75 Å². The second-order valence-electron chi connectivity index (χ2n) is 8.92. The molecule has 0 aliphatic heterocycles. The van der Waals surface area contributed by atoms with Gasteiger partial charge in [-0.2, -0.15) is 0 Å². The summed E-state index contributed by atoms with van der Waals surface area (Å²) in [6.45, 7) is 6.46. The number of benzene rings is 1. The van der Waals surface area contributed by atoms with Gasteiger partial charge in [0.2, 0.25) is 0 Å². The van der Waals surface area contributed by atoms with Crippen LogP contribution < -0.4 is 0 Å². The first kappa shape index (κ1) is 17.8. The summed E-state index contributed by atoms with van der Waals surface area (Å²) in [5, 5.41) is 9.92. The fourth-order valence-electron chi connectivity index (χ4n) is 5.27. The Morgan fingerprint density at radius 2 is 1.33 bits per heavy atom. The summed E-state index contributed by atoms with van der Waals surface area (Å²) in [7, 11) is 0. The van der Waals surface area contributed by atoms with E-state index >= 15 is 0 Å². The lowest BCUT2D eigenvalue weighted by Gasteiger charge is -2.37. The quantitative estimate of drug-likeness (QED) is 0.662. The first-order valence-electron chi connectivity index (χ1n) is 10.3. The van der Waals surface area contributed by atoms with Gasteiger partial charge in [0.1, 0.15) is 5.75 Å². The number of aryl methyl sites for hydroxylation is 3. The van der Waals surface area contributed by atoms with Gasteiger partial charge in [0.15, 0.2) is 0 Å². The minimum atomic E-state index is 0.473. The summed E-state index contributed by atoms with van der Waals surface area (Å²) in [4.78, 5) is 0. The van der Waals surface area contributed by atoms with Crippen LogP contribution in [0.3, 0.4) is 0 Å². The molecule has 0 heterocycles. The van der Waals surface area contributed by atoms with E-state index in [4.69, 9.17) is 0 Å². The molecule has 0 unspecified atom stereocenters. The molecule has 3 rings (SSSR count). The second kappa shape index (κ2) is 7.93. The topological polar surface area (TPSA) is 20.2 Å². The molecule has 2 aliphatic carbocycles. The lowest BCUT2D eigenvalue weighted by atomic mass is 9.69. The van der Waals surface area contributed by atoms with Crippen LogP contribution in [0.2, 0.25) is 0 Å². The minimum absolute atomic E-state index is 0.473. The molecule has 1 nitrogen and oxygen atoms in total. The normalized spacial score (nSPS) is 31.1. The largest absolute Gasteiger partial charge is 0.507 e. The predicted octanol–water partition coefficient (Wildman–Crippen LogP) is 6.57. The van der Waals surface area contributed by atoms with Crippen LogP contribution in [-0.4, -0.2) is 5.11 Å². The molecule has 134 valence electrons. The molecule has 0 spiro atoms. The average molecular weight is 329 g/mol. The third-order valence-electron chi connectivity index (χ3n) is 7.01. The van der Waals surface area contributed by atoms with Crippen LogP contribution >= 0.6 is 0 Å². The molecule has 2 saturated carbocycles. The van der Waals surface area contributed by atoms with E-state index in [2.05, 4.69) is 19.1 Å². The van der Waals surface area contributed by atoms with E-state index < -0.39 is 0 Å². The van der Waals surface area contributed by atoms with Gasteiger partial charge in [0.05, 0.1) is 0 Å². The third-order valence-corrected chi connectivity index (χ3v) is 7.01. The Bertz CT molecular complexity index is 508. The molecule has 0 amide bonds. The summed E-state index contributed by atoms with van der Waals surface area (Å²) < 4.78 is 0. The Labute approximate surface area is 148 Å². The Morgan fingerprint density at radius 3 is 1.88 bits per heavy atom. The first-order valence-corrected chi connectivity index (χ1v) is 10.3. The van der Waals surface area contributed by atoms with Crippen molar-refractivity contribution in [2.45, 2.75) is 85.0 Å². The molecule has 1 heteroatoms. The Balaban J connectivity index is 1.44. The van der Waals surface area contributed by atoms with Crippen molar-refractivity contribution in [3.63, 3.8) is 0 Å². The van der Waals surface area contributed by atoms with E-state index in [1.54, 1.807) is 0 Å². The van der Waals surface area contributed by atoms with Gasteiger partial charge < -0.3 is 5.11 Å². The maximum absolute atomic E-state index is 9.92. The smallest absolute Gasteiger partial charge is 0.121 e. The van der Waals surface area contributed by atoms with E-state index in [0.29, 0.717) is 5.75 Å². The lowest BCUT2D eigenvalue weighted by Crippen LogP contribution is -2.25. The Morgan fingerprint density at radius 1 is 0.833 bits per heavy atom. The van der Waals surface area contributed by atoms with Gasteiger partial charge in [-0.15, -0.1) is 0 Å². The summed E-state index contributed by atoms with van der Waals surface area (Å²) in [5.41, 5.74) is 3.46. The van der Waals surface area contributed by atoms with Gasteiger partial charge in [-0.3, -0.25) is 0 Å². The number of phenolic OH excluding ortho intramolecular Hbond substituents is 1. The number of aromatic hydroxyl groups is 1. The Kier molecular flexibility index (Phi) is 5.89. The minimum Gasteiger partial charge on any atom is -0.507 e. The van der Waals surface area contributed by atoms with Crippen molar-refractivity contribution in [2.24, 2.45) is 23.7 Å². The summed E-state index contributed by atoms with van der Waals surface area (Å²) >= 11 is 0. The highest BCUT2D eigenvalue weighted by atomic mass is 16.3. The van der Waals surface area contributed by atoms with E-state index in [1.165, 1.54) is 69.8 Å². The molecule has 24 heavy (non-hydrogen) atoms. The van der Waals surface area contributed by atoms with Crippen molar-refractivity contribution in [1.29, 1.82) is 0 Å². The zero-order valence-electron chi connectivity index (χ0n) is 16.0. The SMILES string of the molecule is Cc1cc(CCC2CCC(C3CCC(C)CC3)CC2)cc(C)c1O. The molecule has 0 radical (unpaired) electrons. The standard InChI is InChI=1S/C23H36O/c1-16-4-10-21(11-5-16)22-12-8-19(9-13-22)6-7-20-14-17(2)23(24)18(3)15-20/h14-16,19,21-22,24H,4-13H2,1-3H3. The molecule has 1 N–H and O–H groups in total. The van der Waals surface area contributed by atoms with Gasteiger partial charge in [-0.25, -0.2) is 0 Å². The molecule has 2 aliphatic rings. The molecular weight excluding hydrogens is 292 g/mol. The van der Waals surface area contributed by atoms with Crippen molar-refractivity contribution >= 4 is 0 Å². The highest BCUT2D eigenvalue weighted by Crippen LogP contribution is 2.42. The van der Waals surface area contributed by atoms with Crippen molar-refractivity contribution < 1.29 is 5.11 Å². The fraction of sp³-hybridized carbons (Fsp3) is 0.739. The molecule has 1 aromatic rings. The van der Waals surface area contributed by atoms with Crippen LogP contribution in [0, 0.1) is 37.5 Å². The zero-order valence-corrected chi connectivity index (χ0v) is 16.0. The van der Waals surface area contributed by atoms with Crippen molar-refractivity contribution in [2.75, 3.05) is 0 Å². The van der Waals surface area contributed by atoms with Crippen LogP contribution in [0.4, 0.5) is 0 Å². The average Bonchev–Trinajstić information content (AvgIpc) is 2.59. The van der Waals surface area contributed by atoms with E-state index in [9.17, 15) is 5.11 Å². The molecular formula is C23H36O. The maximum atomic E-state index is 9.92. The van der Waals surface area contributed by atoms with Crippen LogP contribution in [0.25, 0.3) is 0 Å². The highest BCUT2D eigenvalue weighted by Gasteiger charge is 2.29. The van der Waals surface area contributed by atoms with Crippen molar-refractivity contribution in [3.8, 4) is 5.75 Å². The van der Waals surface area contributed by atoms with Gasteiger partial charge in [0, 0.05) is 0 Å². The zero-order chi connectivity index (χ0) is 17.1. The van der Waals surface area contributed by atoms with E-state index in [0.717, 1.165) is 34.8 Å². The van der Waals surface area contributed by atoms with Crippen LogP contribution in [0.15, 0.2) is 12.1 Å². The molecule has 1 aromatic carbocycles. The van der Waals surface area contributed by atoms with E-state index in [1.807, 2.05) is 13.8 Å². The maximum Gasteiger partial charge on any atom is 0.121 e. The van der Waals surface area contributed by atoms with Gasteiger partial charge >= 0.3 is 0 Å². The molecule has 0 atom stereocenters. The molecule has 0 saturated heterocycles. The summed E-state index contributed by atoms with van der Waals surface area (Å²) in [6.07, 6.45) is 14.3. The number of hydrogen-bond acceptors (Lipinski definition) is 1. The third kappa shape index (κ3) is 4.35. The first-order chi connectivity index (χ1) is 11.5. The van der Waals surface area contributed by atoms with E-state index in [-0.39, 0.29) is 0 Å². The monoisotopic (exact) mass is 328 g/mol.